The van der Waals surface area contributed by atoms with Gasteiger partial charge >= 0.3 is 0 Å². The van der Waals surface area contributed by atoms with Crippen molar-refractivity contribution in [3.63, 3.8) is 0 Å². The number of hydrogen-bond donors (Lipinski definition) is 2. The van der Waals surface area contributed by atoms with Crippen molar-refractivity contribution in [2.45, 2.75) is 26.1 Å². The highest BCUT2D eigenvalue weighted by molar-refractivity contribution is 5.43. The minimum absolute atomic E-state index is 0.579. The third-order valence-electron chi connectivity index (χ3n) is 2.53. The summed E-state index contributed by atoms with van der Waals surface area (Å²) >= 11 is 0. The van der Waals surface area contributed by atoms with Crippen LogP contribution in [0.5, 0.6) is 5.75 Å². The lowest BCUT2D eigenvalue weighted by Crippen LogP contribution is -2.18. The zero-order chi connectivity index (χ0) is 12.3. The fourth-order valence-electron chi connectivity index (χ4n) is 1.75. The Morgan fingerprint density at radius 3 is 2.12 bits per heavy atom. The molecule has 0 saturated carbocycles. The standard InChI is InChI=1S/C12H15NO3/c1-7-4-9(16-3)5-8(2)11(7)12(15)10(14)6-13/h4-5,10,12,14-15H,1-3H3. The molecule has 2 atom stereocenters. The van der Waals surface area contributed by atoms with E-state index in [1.807, 2.05) is 0 Å². The number of nitriles is 1. The van der Waals surface area contributed by atoms with Gasteiger partial charge in [0.2, 0.25) is 0 Å². The molecule has 0 aromatic heterocycles. The highest BCUT2D eigenvalue weighted by Crippen LogP contribution is 2.28. The molecule has 1 rings (SSSR count). The lowest BCUT2D eigenvalue weighted by molar-refractivity contribution is 0.0519. The van der Waals surface area contributed by atoms with Crippen LogP contribution < -0.4 is 4.74 Å². The molecule has 1 aromatic rings. The Morgan fingerprint density at radius 1 is 1.25 bits per heavy atom. The molecule has 2 unspecified atom stereocenters. The molecule has 0 heterocycles. The number of aryl methyl sites for hydroxylation is 2. The average Bonchev–Trinajstić information content (AvgIpc) is 2.26. The molecule has 0 bridgehead atoms. The van der Waals surface area contributed by atoms with Gasteiger partial charge in [-0.1, -0.05) is 0 Å². The Hall–Kier alpha value is -1.57. The molecule has 0 amide bonds. The van der Waals surface area contributed by atoms with E-state index in [0.717, 1.165) is 11.1 Å². The van der Waals surface area contributed by atoms with Crippen LogP contribution in [0.25, 0.3) is 0 Å². The Kier molecular flexibility index (Phi) is 3.88. The van der Waals surface area contributed by atoms with Gasteiger partial charge in [0.1, 0.15) is 11.9 Å². The molecule has 4 heteroatoms. The van der Waals surface area contributed by atoms with Gasteiger partial charge in [0, 0.05) is 0 Å². The third kappa shape index (κ3) is 2.32. The van der Waals surface area contributed by atoms with Crippen molar-refractivity contribution in [1.29, 1.82) is 5.26 Å². The molecular formula is C12H15NO3. The summed E-state index contributed by atoms with van der Waals surface area (Å²) in [6, 6.07) is 5.14. The fraction of sp³-hybridized carbons (Fsp3) is 0.417. The van der Waals surface area contributed by atoms with Crippen molar-refractivity contribution in [1.82, 2.24) is 0 Å². The van der Waals surface area contributed by atoms with Crippen LogP contribution in [0.2, 0.25) is 0 Å². The summed E-state index contributed by atoms with van der Waals surface area (Å²) < 4.78 is 5.09. The van der Waals surface area contributed by atoms with E-state index in [1.54, 1.807) is 39.2 Å². The van der Waals surface area contributed by atoms with E-state index in [2.05, 4.69) is 0 Å². The second-order valence-electron chi connectivity index (χ2n) is 3.69. The van der Waals surface area contributed by atoms with E-state index < -0.39 is 12.2 Å². The maximum absolute atomic E-state index is 9.80. The highest BCUT2D eigenvalue weighted by atomic mass is 16.5. The number of methoxy groups -OCH3 is 1. The maximum Gasteiger partial charge on any atom is 0.170 e. The summed E-state index contributed by atoms with van der Waals surface area (Å²) in [4.78, 5) is 0. The Labute approximate surface area is 94.7 Å². The quantitative estimate of drug-likeness (QED) is 0.753. The van der Waals surface area contributed by atoms with E-state index in [0.29, 0.717) is 11.3 Å². The van der Waals surface area contributed by atoms with E-state index in [9.17, 15) is 10.2 Å². The number of hydrogen-bond acceptors (Lipinski definition) is 4. The van der Waals surface area contributed by atoms with Crippen LogP contribution in [0, 0.1) is 25.2 Å². The van der Waals surface area contributed by atoms with Crippen LogP contribution in [0.3, 0.4) is 0 Å². The van der Waals surface area contributed by atoms with Gasteiger partial charge in [0.05, 0.1) is 13.2 Å². The van der Waals surface area contributed by atoms with Crippen LogP contribution in [0.1, 0.15) is 22.8 Å². The summed E-state index contributed by atoms with van der Waals surface area (Å²) in [5.74, 6) is 0.692. The molecule has 0 saturated heterocycles. The molecule has 0 aliphatic rings. The van der Waals surface area contributed by atoms with Crippen molar-refractivity contribution in [2.75, 3.05) is 7.11 Å². The SMILES string of the molecule is COc1cc(C)c(C(O)C(O)C#N)c(C)c1. The van der Waals surface area contributed by atoms with Crippen molar-refractivity contribution in [3.05, 3.63) is 28.8 Å². The number of aliphatic hydroxyl groups is 2. The van der Waals surface area contributed by atoms with Crippen LogP contribution in [-0.2, 0) is 0 Å². The van der Waals surface area contributed by atoms with Crippen molar-refractivity contribution < 1.29 is 14.9 Å². The largest absolute Gasteiger partial charge is 0.497 e. The summed E-state index contributed by atoms with van der Waals surface area (Å²) in [6.45, 7) is 3.61. The molecule has 4 nitrogen and oxygen atoms in total. The van der Waals surface area contributed by atoms with E-state index in [1.165, 1.54) is 0 Å². The summed E-state index contributed by atoms with van der Waals surface area (Å²) in [6.07, 6.45) is -2.60. The predicted molar refractivity (Wildman–Crippen MR) is 59.0 cm³/mol. The number of aliphatic hydroxyl groups excluding tert-OH is 2. The van der Waals surface area contributed by atoms with Gasteiger partial charge in [-0.3, -0.25) is 0 Å². The second-order valence-corrected chi connectivity index (χ2v) is 3.69. The van der Waals surface area contributed by atoms with E-state index >= 15 is 0 Å². The summed E-state index contributed by atoms with van der Waals surface area (Å²) in [7, 11) is 1.56. The summed E-state index contributed by atoms with van der Waals surface area (Å²) in [5.41, 5.74) is 2.16. The maximum atomic E-state index is 9.80. The number of benzene rings is 1. The molecule has 1 aromatic carbocycles. The normalized spacial score (nSPS) is 14.0. The highest BCUT2D eigenvalue weighted by Gasteiger charge is 2.21. The van der Waals surface area contributed by atoms with Gasteiger partial charge in [-0.2, -0.15) is 5.26 Å². The molecule has 0 aliphatic carbocycles. The number of nitrogens with zero attached hydrogens (tertiary/aromatic N) is 1. The molecule has 0 fully saturated rings. The first kappa shape index (κ1) is 12.5. The van der Waals surface area contributed by atoms with Crippen LogP contribution in [-0.4, -0.2) is 23.4 Å². The van der Waals surface area contributed by atoms with Gasteiger partial charge in [-0.25, -0.2) is 0 Å². The first-order valence-electron chi connectivity index (χ1n) is 4.92. The molecule has 0 spiro atoms. The van der Waals surface area contributed by atoms with E-state index in [4.69, 9.17) is 10.00 Å². The van der Waals surface area contributed by atoms with Crippen molar-refractivity contribution >= 4 is 0 Å². The smallest absolute Gasteiger partial charge is 0.170 e. The lowest BCUT2D eigenvalue weighted by atomic mass is 9.95. The van der Waals surface area contributed by atoms with Gasteiger partial charge in [0.25, 0.3) is 0 Å². The average molecular weight is 221 g/mol. The Morgan fingerprint density at radius 2 is 1.75 bits per heavy atom. The fourth-order valence-corrected chi connectivity index (χ4v) is 1.75. The monoisotopic (exact) mass is 221 g/mol. The zero-order valence-electron chi connectivity index (χ0n) is 9.56. The van der Waals surface area contributed by atoms with Gasteiger partial charge < -0.3 is 14.9 Å². The van der Waals surface area contributed by atoms with Gasteiger partial charge in [-0.15, -0.1) is 0 Å². The molecule has 0 aliphatic heterocycles. The third-order valence-corrected chi connectivity index (χ3v) is 2.53. The predicted octanol–water partition coefficient (Wildman–Crippen LogP) is 1.23. The molecular weight excluding hydrogens is 206 g/mol. The van der Waals surface area contributed by atoms with E-state index in [-0.39, 0.29) is 0 Å². The summed E-state index contributed by atoms with van der Waals surface area (Å²) in [5, 5.41) is 27.7. The molecule has 0 radical (unpaired) electrons. The minimum atomic E-state index is -1.41. The van der Waals surface area contributed by atoms with Gasteiger partial charge in [-0.05, 0) is 42.7 Å². The first-order chi connectivity index (χ1) is 7.51. The van der Waals surface area contributed by atoms with Crippen LogP contribution in [0.4, 0.5) is 0 Å². The minimum Gasteiger partial charge on any atom is -0.497 e. The van der Waals surface area contributed by atoms with Gasteiger partial charge in [0.15, 0.2) is 6.10 Å². The van der Waals surface area contributed by atoms with Crippen molar-refractivity contribution in [2.24, 2.45) is 0 Å². The topological polar surface area (TPSA) is 73.5 Å². The Balaban J connectivity index is 3.20. The molecule has 16 heavy (non-hydrogen) atoms. The lowest BCUT2D eigenvalue weighted by Gasteiger charge is -2.18. The molecule has 86 valence electrons. The molecule has 2 N–H and O–H groups in total. The first-order valence-corrected chi connectivity index (χ1v) is 4.92. The number of ether oxygens (including phenoxy) is 1. The van der Waals surface area contributed by atoms with Crippen molar-refractivity contribution in [3.8, 4) is 11.8 Å². The Bertz CT molecular complexity index is 400. The second kappa shape index (κ2) is 4.97. The van der Waals surface area contributed by atoms with Crippen LogP contribution in [0.15, 0.2) is 12.1 Å². The number of rotatable bonds is 3. The zero-order valence-corrected chi connectivity index (χ0v) is 9.56. The van der Waals surface area contributed by atoms with Crippen LogP contribution >= 0.6 is 0 Å².